The predicted octanol–water partition coefficient (Wildman–Crippen LogP) is 2.38. The number of ketones is 1. The van der Waals surface area contributed by atoms with Gasteiger partial charge in [-0.1, -0.05) is 24.8 Å². The third-order valence-electron chi connectivity index (χ3n) is 2.04. The highest BCUT2D eigenvalue weighted by Gasteiger charge is 2.05. The van der Waals surface area contributed by atoms with E-state index in [4.69, 9.17) is 4.74 Å². The molecule has 0 heterocycles. The van der Waals surface area contributed by atoms with E-state index in [0.717, 1.165) is 0 Å². The van der Waals surface area contributed by atoms with Crippen LogP contribution in [0.1, 0.15) is 23.2 Å². The molecule has 0 aromatic heterocycles. The van der Waals surface area contributed by atoms with Crippen LogP contribution in [0.15, 0.2) is 43.0 Å². The van der Waals surface area contributed by atoms with Crippen molar-refractivity contribution in [1.82, 2.24) is 0 Å². The van der Waals surface area contributed by atoms with E-state index in [1.807, 2.05) is 6.07 Å². The van der Waals surface area contributed by atoms with Crippen molar-refractivity contribution < 1.29 is 14.3 Å². The van der Waals surface area contributed by atoms with E-state index in [1.54, 1.807) is 24.3 Å². The molecule has 0 radical (unpaired) electrons. The van der Waals surface area contributed by atoms with Gasteiger partial charge in [-0.25, -0.2) is 4.79 Å². The van der Waals surface area contributed by atoms with Crippen molar-refractivity contribution in [2.24, 2.45) is 0 Å². The second-order valence-corrected chi connectivity index (χ2v) is 3.28. The lowest BCUT2D eigenvalue weighted by atomic mass is 10.2. The van der Waals surface area contributed by atoms with Gasteiger partial charge in [0.2, 0.25) is 0 Å². The normalized spacial score (nSPS) is 9.50. The zero-order chi connectivity index (χ0) is 11.8. The van der Waals surface area contributed by atoms with Crippen molar-refractivity contribution in [3.05, 3.63) is 48.6 Å². The Kier molecular flexibility index (Phi) is 4.99. The summed E-state index contributed by atoms with van der Waals surface area (Å²) in [6.07, 6.45) is 2.17. The minimum absolute atomic E-state index is 0.0317. The van der Waals surface area contributed by atoms with E-state index in [0.29, 0.717) is 18.4 Å². The molecule has 0 aliphatic rings. The van der Waals surface area contributed by atoms with Gasteiger partial charge in [0.15, 0.2) is 5.78 Å². The molecule has 0 bridgehead atoms. The minimum Gasteiger partial charge on any atom is -0.462 e. The Labute approximate surface area is 94.7 Å². The highest BCUT2D eigenvalue weighted by atomic mass is 16.5. The van der Waals surface area contributed by atoms with Crippen LogP contribution in [0.5, 0.6) is 0 Å². The maximum absolute atomic E-state index is 11.4. The molecule has 0 atom stereocenters. The maximum Gasteiger partial charge on any atom is 0.338 e. The second kappa shape index (κ2) is 6.56. The molecule has 1 aromatic rings. The van der Waals surface area contributed by atoms with Gasteiger partial charge in [0.25, 0.3) is 0 Å². The third-order valence-corrected chi connectivity index (χ3v) is 2.04. The second-order valence-electron chi connectivity index (χ2n) is 3.28. The molecule has 0 saturated carbocycles. The topological polar surface area (TPSA) is 43.4 Å². The highest BCUT2D eigenvalue weighted by Crippen LogP contribution is 2.02. The lowest BCUT2D eigenvalue weighted by Gasteiger charge is -2.03. The smallest absolute Gasteiger partial charge is 0.338 e. The number of carbonyl (C=O) groups excluding carboxylic acids is 2. The first-order valence-corrected chi connectivity index (χ1v) is 5.11. The van der Waals surface area contributed by atoms with Gasteiger partial charge in [0, 0.05) is 6.42 Å². The van der Waals surface area contributed by atoms with Crippen LogP contribution in [0.4, 0.5) is 0 Å². The number of esters is 1. The maximum atomic E-state index is 11.4. The van der Waals surface area contributed by atoms with Crippen molar-refractivity contribution in [1.29, 1.82) is 0 Å². The third kappa shape index (κ3) is 4.09. The van der Waals surface area contributed by atoms with Crippen LogP contribution in [0, 0.1) is 0 Å². The van der Waals surface area contributed by atoms with Crippen LogP contribution < -0.4 is 0 Å². The van der Waals surface area contributed by atoms with Crippen molar-refractivity contribution in [2.75, 3.05) is 6.61 Å². The first kappa shape index (κ1) is 12.2. The Morgan fingerprint density at radius 3 is 2.56 bits per heavy atom. The summed E-state index contributed by atoms with van der Waals surface area (Å²) in [5.41, 5.74) is 0.526. The average molecular weight is 218 g/mol. The molecule has 0 spiro atoms. The van der Waals surface area contributed by atoms with E-state index in [2.05, 4.69) is 6.58 Å². The predicted molar refractivity (Wildman–Crippen MR) is 61.2 cm³/mol. The van der Waals surface area contributed by atoms with Gasteiger partial charge < -0.3 is 4.74 Å². The summed E-state index contributed by atoms with van der Waals surface area (Å²) in [5, 5.41) is 0. The Balaban J connectivity index is 2.26. The van der Waals surface area contributed by atoms with Crippen LogP contribution in [0.25, 0.3) is 0 Å². The highest BCUT2D eigenvalue weighted by molar-refractivity contribution is 5.90. The van der Waals surface area contributed by atoms with Gasteiger partial charge >= 0.3 is 5.97 Å². The molecule has 0 aliphatic carbocycles. The molecule has 3 heteroatoms. The first-order valence-electron chi connectivity index (χ1n) is 5.11. The minimum atomic E-state index is -0.355. The fraction of sp³-hybridized carbons (Fsp3) is 0.231. The summed E-state index contributed by atoms with van der Waals surface area (Å²) in [4.78, 5) is 22.3. The summed E-state index contributed by atoms with van der Waals surface area (Å²) >= 11 is 0. The first-order chi connectivity index (χ1) is 7.74. The molecule has 84 valence electrons. The zero-order valence-corrected chi connectivity index (χ0v) is 9.02. The van der Waals surface area contributed by atoms with E-state index in [-0.39, 0.29) is 18.4 Å². The molecule has 1 aromatic carbocycles. The number of benzene rings is 1. The molecule has 16 heavy (non-hydrogen) atoms. The van der Waals surface area contributed by atoms with Gasteiger partial charge in [-0.3, -0.25) is 4.79 Å². The molecule has 3 nitrogen and oxygen atoms in total. The van der Waals surface area contributed by atoms with Crippen LogP contribution in [0.3, 0.4) is 0 Å². The SMILES string of the molecule is C=CC(=O)CCCOC(=O)c1ccccc1. The van der Waals surface area contributed by atoms with Crippen LogP contribution in [-0.2, 0) is 9.53 Å². The lowest BCUT2D eigenvalue weighted by molar-refractivity contribution is -0.114. The van der Waals surface area contributed by atoms with Crippen molar-refractivity contribution in [3.8, 4) is 0 Å². The molecule has 0 N–H and O–H groups in total. The molecular formula is C13H14O3. The van der Waals surface area contributed by atoms with E-state index < -0.39 is 0 Å². The van der Waals surface area contributed by atoms with Crippen LogP contribution in [-0.4, -0.2) is 18.4 Å². The number of hydrogen-bond acceptors (Lipinski definition) is 3. The van der Waals surface area contributed by atoms with Crippen LogP contribution in [0.2, 0.25) is 0 Å². The van der Waals surface area contributed by atoms with E-state index >= 15 is 0 Å². The molecule has 0 amide bonds. The van der Waals surface area contributed by atoms with Gasteiger partial charge in [0.1, 0.15) is 0 Å². The standard InChI is InChI=1S/C13H14O3/c1-2-12(14)9-6-10-16-13(15)11-7-4-3-5-8-11/h2-5,7-8H,1,6,9-10H2. The Bertz CT molecular complexity index is 368. The fourth-order valence-corrected chi connectivity index (χ4v) is 1.17. The summed E-state index contributed by atoms with van der Waals surface area (Å²) in [7, 11) is 0. The van der Waals surface area contributed by atoms with Gasteiger partial charge in [-0.15, -0.1) is 0 Å². The summed E-state index contributed by atoms with van der Waals surface area (Å²) in [5.74, 6) is -0.387. The summed E-state index contributed by atoms with van der Waals surface area (Å²) < 4.78 is 5.00. The molecular weight excluding hydrogens is 204 g/mol. The van der Waals surface area contributed by atoms with Crippen molar-refractivity contribution >= 4 is 11.8 Å². The quantitative estimate of drug-likeness (QED) is 0.418. The van der Waals surface area contributed by atoms with Gasteiger partial charge in [0.05, 0.1) is 12.2 Å². The zero-order valence-electron chi connectivity index (χ0n) is 9.02. The molecule has 1 rings (SSSR count). The Hall–Kier alpha value is -1.90. The summed E-state index contributed by atoms with van der Waals surface area (Å²) in [6, 6.07) is 8.77. The molecule has 0 unspecified atom stereocenters. The van der Waals surface area contributed by atoms with Crippen molar-refractivity contribution in [3.63, 3.8) is 0 Å². The Morgan fingerprint density at radius 2 is 1.94 bits per heavy atom. The van der Waals surface area contributed by atoms with E-state index in [1.165, 1.54) is 6.08 Å². The molecule has 0 saturated heterocycles. The van der Waals surface area contributed by atoms with Gasteiger partial charge in [-0.05, 0) is 24.6 Å². The monoisotopic (exact) mass is 218 g/mol. The fourth-order valence-electron chi connectivity index (χ4n) is 1.17. The van der Waals surface area contributed by atoms with E-state index in [9.17, 15) is 9.59 Å². The number of hydrogen-bond donors (Lipinski definition) is 0. The number of allylic oxidation sites excluding steroid dienone is 1. The Morgan fingerprint density at radius 1 is 1.25 bits per heavy atom. The number of carbonyl (C=O) groups is 2. The summed E-state index contributed by atoms with van der Waals surface area (Å²) in [6.45, 7) is 3.62. The van der Waals surface area contributed by atoms with Crippen LogP contribution >= 0.6 is 0 Å². The molecule has 0 aliphatic heterocycles. The number of rotatable bonds is 6. The van der Waals surface area contributed by atoms with Gasteiger partial charge in [-0.2, -0.15) is 0 Å². The average Bonchev–Trinajstić information content (AvgIpc) is 2.35. The lowest BCUT2D eigenvalue weighted by Crippen LogP contribution is -2.07. The largest absolute Gasteiger partial charge is 0.462 e. The molecule has 0 fully saturated rings. The number of ether oxygens (including phenoxy) is 1. The van der Waals surface area contributed by atoms with Crippen molar-refractivity contribution in [2.45, 2.75) is 12.8 Å².